The molecule has 1 atom stereocenters. The molecule has 1 saturated heterocycles. The molecular weight excluding hydrogens is 308 g/mol. The summed E-state index contributed by atoms with van der Waals surface area (Å²) in [5, 5.41) is 3.45. The Bertz CT molecular complexity index is 445. The summed E-state index contributed by atoms with van der Waals surface area (Å²) in [4.78, 5) is 21.0. The van der Waals surface area contributed by atoms with Gasteiger partial charge in [-0.05, 0) is 12.8 Å². The van der Waals surface area contributed by atoms with E-state index >= 15 is 0 Å². The summed E-state index contributed by atoms with van der Waals surface area (Å²) in [6, 6.07) is 0. The van der Waals surface area contributed by atoms with Crippen LogP contribution in [0.5, 0.6) is 0 Å². The van der Waals surface area contributed by atoms with E-state index in [1.54, 1.807) is 19.1 Å². The number of nitrogens with zero attached hydrogens (tertiary/aromatic N) is 3. The van der Waals surface area contributed by atoms with Gasteiger partial charge in [-0.1, -0.05) is 12.8 Å². The predicted octanol–water partition coefficient (Wildman–Crippen LogP) is 0.558. The van der Waals surface area contributed by atoms with Gasteiger partial charge in [0.25, 0.3) is 0 Å². The number of carbonyl (C=O) groups excluding carboxylic acids is 1. The molecule has 0 bridgehead atoms. The summed E-state index contributed by atoms with van der Waals surface area (Å²) in [6.07, 6.45) is 4.19. The van der Waals surface area contributed by atoms with Crippen molar-refractivity contribution in [1.82, 2.24) is 15.1 Å². The van der Waals surface area contributed by atoms with Gasteiger partial charge in [-0.15, -0.1) is 0 Å². The van der Waals surface area contributed by atoms with Crippen molar-refractivity contribution in [2.75, 3.05) is 61.1 Å². The summed E-state index contributed by atoms with van der Waals surface area (Å²) < 4.78 is 10.9. The quantitative estimate of drug-likeness (QED) is 0.585. The summed E-state index contributed by atoms with van der Waals surface area (Å²) in [5.74, 6) is 1.07. The highest BCUT2D eigenvalue weighted by Gasteiger charge is 2.42. The largest absolute Gasteiger partial charge is 0.382 e. The minimum Gasteiger partial charge on any atom is -0.382 e. The third-order valence-electron chi connectivity index (χ3n) is 5.01. The zero-order valence-electron chi connectivity index (χ0n) is 15.5. The van der Waals surface area contributed by atoms with Gasteiger partial charge in [0.15, 0.2) is 5.96 Å². The number of hydrogen-bond acceptors (Lipinski definition) is 4. The van der Waals surface area contributed by atoms with Crippen molar-refractivity contribution in [3.63, 3.8) is 0 Å². The van der Waals surface area contributed by atoms with E-state index in [0.29, 0.717) is 19.8 Å². The number of amides is 1. The van der Waals surface area contributed by atoms with Gasteiger partial charge in [0.05, 0.1) is 24.7 Å². The topological polar surface area (TPSA) is 66.4 Å². The molecule has 24 heavy (non-hydrogen) atoms. The predicted molar refractivity (Wildman–Crippen MR) is 94.1 cm³/mol. The van der Waals surface area contributed by atoms with Crippen LogP contribution in [0.2, 0.25) is 0 Å². The van der Waals surface area contributed by atoms with Crippen LogP contribution in [0.15, 0.2) is 4.99 Å². The average molecular weight is 340 g/mol. The number of carbonyl (C=O) groups is 1. The first-order valence-electron chi connectivity index (χ1n) is 8.80. The second kappa shape index (κ2) is 8.67. The Morgan fingerprint density at radius 3 is 2.71 bits per heavy atom. The number of nitrogens with one attached hydrogen (secondary N) is 1. The van der Waals surface area contributed by atoms with Crippen LogP contribution in [0.4, 0.5) is 0 Å². The van der Waals surface area contributed by atoms with E-state index in [9.17, 15) is 4.79 Å². The zero-order valence-corrected chi connectivity index (χ0v) is 15.5. The fourth-order valence-electron chi connectivity index (χ4n) is 3.77. The maximum absolute atomic E-state index is 12.7. The molecule has 138 valence electrons. The normalized spacial score (nSPS) is 24.1. The molecule has 1 N–H and O–H groups in total. The van der Waals surface area contributed by atoms with Crippen LogP contribution in [-0.2, 0) is 14.3 Å². The van der Waals surface area contributed by atoms with Crippen LogP contribution in [0.3, 0.4) is 0 Å². The highest BCUT2D eigenvalue weighted by Crippen LogP contribution is 2.38. The molecule has 0 aromatic rings. The first kappa shape index (κ1) is 19.0. The molecular formula is C17H32N4O3. The van der Waals surface area contributed by atoms with E-state index in [1.807, 2.05) is 14.1 Å². The van der Waals surface area contributed by atoms with E-state index in [-0.39, 0.29) is 17.4 Å². The lowest BCUT2D eigenvalue weighted by atomic mass is 9.84. The van der Waals surface area contributed by atoms with Crippen molar-refractivity contribution in [2.24, 2.45) is 10.4 Å². The van der Waals surface area contributed by atoms with Gasteiger partial charge in [-0.2, -0.15) is 0 Å². The molecule has 1 unspecified atom stereocenters. The third-order valence-corrected chi connectivity index (χ3v) is 5.01. The number of aliphatic imine (C=N–C) groups is 1. The fraction of sp³-hybridized carbons (Fsp3) is 0.882. The highest BCUT2D eigenvalue weighted by molar-refractivity contribution is 5.85. The number of ether oxygens (including phenoxy) is 2. The Hall–Kier alpha value is -1.34. The molecule has 1 saturated carbocycles. The number of methoxy groups -OCH3 is 1. The molecule has 0 spiro atoms. The van der Waals surface area contributed by atoms with Gasteiger partial charge in [-0.3, -0.25) is 9.79 Å². The van der Waals surface area contributed by atoms with Crippen LogP contribution in [0, 0.1) is 5.41 Å². The molecule has 2 fully saturated rings. The van der Waals surface area contributed by atoms with Crippen molar-refractivity contribution in [1.29, 1.82) is 0 Å². The third kappa shape index (κ3) is 4.39. The number of morpholine rings is 1. The van der Waals surface area contributed by atoms with Crippen molar-refractivity contribution in [2.45, 2.75) is 31.8 Å². The first-order chi connectivity index (χ1) is 11.5. The van der Waals surface area contributed by atoms with Crippen LogP contribution in [0.1, 0.15) is 25.7 Å². The molecule has 0 aromatic heterocycles. The second-order valence-electron chi connectivity index (χ2n) is 6.98. The molecule has 7 nitrogen and oxygen atoms in total. The van der Waals surface area contributed by atoms with Crippen molar-refractivity contribution in [3.8, 4) is 0 Å². The van der Waals surface area contributed by atoms with E-state index in [2.05, 4.69) is 15.2 Å². The molecule has 0 radical (unpaired) electrons. The Balaban J connectivity index is 1.98. The lowest BCUT2D eigenvalue weighted by Gasteiger charge is -2.37. The molecule has 1 aliphatic heterocycles. The van der Waals surface area contributed by atoms with Crippen LogP contribution in [0.25, 0.3) is 0 Å². The molecule has 7 heteroatoms. The summed E-state index contributed by atoms with van der Waals surface area (Å²) in [7, 11) is 7.16. The second-order valence-corrected chi connectivity index (χ2v) is 6.98. The monoisotopic (exact) mass is 340 g/mol. The molecule has 2 rings (SSSR count). The smallest absolute Gasteiger partial charge is 0.230 e. The number of hydrogen-bond donors (Lipinski definition) is 1. The van der Waals surface area contributed by atoms with Crippen LogP contribution < -0.4 is 5.32 Å². The molecule has 2 aliphatic rings. The molecule has 0 aromatic carbocycles. The Morgan fingerprint density at radius 2 is 2.12 bits per heavy atom. The number of rotatable bonds is 5. The minimum absolute atomic E-state index is 0.0612. The van der Waals surface area contributed by atoms with Crippen LogP contribution in [-0.4, -0.2) is 88.9 Å². The minimum atomic E-state index is -0.294. The Morgan fingerprint density at radius 1 is 1.42 bits per heavy atom. The molecule has 1 amide bonds. The lowest BCUT2D eigenvalue weighted by molar-refractivity contribution is -0.138. The fourth-order valence-corrected chi connectivity index (χ4v) is 3.77. The van der Waals surface area contributed by atoms with Gasteiger partial charge in [0.2, 0.25) is 5.91 Å². The van der Waals surface area contributed by atoms with Gasteiger partial charge in [0.1, 0.15) is 0 Å². The molecule has 1 aliphatic carbocycles. The van der Waals surface area contributed by atoms with Gasteiger partial charge in [0, 0.05) is 47.9 Å². The van der Waals surface area contributed by atoms with Gasteiger partial charge in [-0.25, -0.2) is 0 Å². The van der Waals surface area contributed by atoms with Crippen molar-refractivity contribution < 1.29 is 14.3 Å². The van der Waals surface area contributed by atoms with Crippen LogP contribution >= 0.6 is 0 Å². The Labute approximate surface area is 145 Å². The standard InChI is InChI=1S/C17H32N4O3/c1-18-16(21-9-10-24-14(11-21)12-23-4)19-13-17(7-5-6-8-17)15(22)20(2)3/h14H,5-13H2,1-4H3,(H,18,19). The SMILES string of the molecule is CN=C(NCC1(C(=O)N(C)C)CCCC1)N1CCOC(COC)C1. The zero-order chi connectivity index (χ0) is 17.6. The van der Waals surface area contributed by atoms with E-state index in [4.69, 9.17) is 9.47 Å². The first-order valence-corrected chi connectivity index (χ1v) is 8.80. The Kier molecular flexibility index (Phi) is 6.86. The van der Waals surface area contributed by atoms with E-state index in [1.165, 1.54) is 0 Å². The number of guanidine groups is 1. The summed E-state index contributed by atoms with van der Waals surface area (Å²) in [6.45, 7) is 3.44. The van der Waals surface area contributed by atoms with Gasteiger partial charge < -0.3 is 24.6 Å². The summed E-state index contributed by atoms with van der Waals surface area (Å²) in [5.41, 5.74) is -0.294. The maximum atomic E-state index is 12.7. The molecule has 1 heterocycles. The highest BCUT2D eigenvalue weighted by atomic mass is 16.5. The van der Waals surface area contributed by atoms with Gasteiger partial charge >= 0.3 is 0 Å². The van der Waals surface area contributed by atoms with E-state index < -0.39 is 0 Å². The van der Waals surface area contributed by atoms with Crippen molar-refractivity contribution >= 4 is 11.9 Å². The lowest BCUT2D eigenvalue weighted by Crippen LogP contribution is -2.54. The van der Waals surface area contributed by atoms with Crippen molar-refractivity contribution in [3.05, 3.63) is 0 Å². The van der Waals surface area contributed by atoms with E-state index in [0.717, 1.165) is 44.7 Å². The summed E-state index contributed by atoms with van der Waals surface area (Å²) >= 11 is 0. The average Bonchev–Trinajstić information content (AvgIpc) is 3.05. The maximum Gasteiger partial charge on any atom is 0.230 e.